The molecule has 82 valence electrons. The summed E-state index contributed by atoms with van der Waals surface area (Å²) in [5.41, 5.74) is 6.06. The number of rotatable bonds is 4. The van der Waals surface area contributed by atoms with Gasteiger partial charge >= 0.3 is 0 Å². The van der Waals surface area contributed by atoms with E-state index in [9.17, 15) is 4.39 Å². The highest BCUT2D eigenvalue weighted by Crippen LogP contribution is 2.34. The molecule has 1 aromatic rings. The van der Waals surface area contributed by atoms with Crippen molar-refractivity contribution >= 4 is 0 Å². The quantitative estimate of drug-likeness (QED) is 0.773. The predicted molar refractivity (Wildman–Crippen MR) is 54.5 cm³/mol. The summed E-state index contributed by atoms with van der Waals surface area (Å²) in [6.45, 7) is 0.827. The van der Waals surface area contributed by atoms with Gasteiger partial charge in [-0.25, -0.2) is 4.39 Å². The van der Waals surface area contributed by atoms with E-state index >= 15 is 0 Å². The van der Waals surface area contributed by atoms with Gasteiger partial charge in [-0.15, -0.1) is 0 Å². The lowest BCUT2D eigenvalue weighted by atomic mass is 10.1. The Bertz CT molecular complexity index is 355. The largest absolute Gasteiger partial charge is 0.454 e. The normalized spacial score (nSPS) is 13.2. The summed E-state index contributed by atoms with van der Waals surface area (Å²) in [6.07, 6.45) is 2.50. The second-order valence-corrected chi connectivity index (χ2v) is 3.54. The van der Waals surface area contributed by atoms with Gasteiger partial charge < -0.3 is 15.2 Å². The molecule has 0 saturated heterocycles. The van der Waals surface area contributed by atoms with E-state index in [-0.39, 0.29) is 12.6 Å². The number of nitrogens with two attached hydrogens (primary N) is 1. The summed E-state index contributed by atoms with van der Waals surface area (Å²) in [5, 5.41) is 0. The molecule has 0 amide bonds. The molecule has 0 radical (unpaired) electrons. The minimum atomic E-state index is -0.226. The molecule has 0 unspecified atom stereocenters. The standard InChI is InChI=1S/C11H14FNO2/c12-9-6-11-10(14-7-15-11)5-8(9)3-1-2-4-13/h5-6H,1-4,7,13H2. The molecule has 0 fully saturated rings. The fraction of sp³-hybridized carbons (Fsp3) is 0.455. The molecular weight excluding hydrogens is 197 g/mol. The van der Waals surface area contributed by atoms with E-state index in [2.05, 4.69) is 0 Å². The van der Waals surface area contributed by atoms with Crippen molar-refractivity contribution in [1.29, 1.82) is 0 Å². The first kappa shape index (κ1) is 10.2. The van der Waals surface area contributed by atoms with Gasteiger partial charge in [0.2, 0.25) is 6.79 Å². The van der Waals surface area contributed by atoms with Crippen molar-refractivity contribution < 1.29 is 13.9 Å². The molecule has 15 heavy (non-hydrogen) atoms. The smallest absolute Gasteiger partial charge is 0.231 e. The minimum Gasteiger partial charge on any atom is -0.454 e. The molecule has 4 heteroatoms. The molecule has 1 aliphatic rings. The van der Waals surface area contributed by atoms with E-state index < -0.39 is 0 Å². The van der Waals surface area contributed by atoms with E-state index in [1.165, 1.54) is 6.07 Å². The van der Waals surface area contributed by atoms with Crippen molar-refractivity contribution in [3.8, 4) is 11.5 Å². The number of benzene rings is 1. The molecule has 2 N–H and O–H groups in total. The number of ether oxygens (including phenoxy) is 2. The van der Waals surface area contributed by atoms with Gasteiger partial charge in [0.25, 0.3) is 0 Å². The second kappa shape index (κ2) is 4.49. The number of halogens is 1. The summed E-state index contributed by atoms with van der Waals surface area (Å²) in [7, 11) is 0. The number of fused-ring (bicyclic) bond motifs is 1. The maximum atomic E-state index is 13.5. The molecule has 2 rings (SSSR count). The third-order valence-electron chi connectivity index (χ3n) is 2.44. The molecule has 1 aliphatic heterocycles. The molecule has 1 aromatic carbocycles. The van der Waals surface area contributed by atoms with Gasteiger partial charge in [0.1, 0.15) is 5.82 Å². The first-order valence-corrected chi connectivity index (χ1v) is 5.09. The summed E-state index contributed by atoms with van der Waals surface area (Å²) in [4.78, 5) is 0. The van der Waals surface area contributed by atoms with Crippen molar-refractivity contribution in [1.82, 2.24) is 0 Å². The Morgan fingerprint density at radius 2 is 1.93 bits per heavy atom. The first-order valence-electron chi connectivity index (χ1n) is 5.09. The molecule has 0 atom stereocenters. The van der Waals surface area contributed by atoms with Crippen molar-refractivity contribution in [3.63, 3.8) is 0 Å². The number of hydrogen-bond donors (Lipinski definition) is 1. The zero-order chi connectivity index (χ0) is 10.7. The predicted octanol–water partition coefficient (Wildman–Crippen LogP) is 1.84. The van der Waals surface area contributed by atoms with Crippen molar-refractivity contribution in [2.75, 3.05) is 13.3 Å². The van der Waals surface area contributed by atoms with Crippen LogP contribution in [0.25, 0.3) is 0 Å². The lowest BCUT2D eigenvalue weighted by Gasteiger charge is -2.04. The lowest BCUT2D eigenvalue weighted by Crippen LogP contribution is -2.00. The van der Waals surface area contributed by atoms with Gasteiger partial charge in [-0.2, -0.15) is 0 Å². The SMILES string of the molecule is NCCCCc1cc2c(cc1F)OCO2. The molecule has 0 aromatic heterocycles. The molecule has 0 saturated carbocycles. The number of unbranched alkanes of at least 4 members (excludes halogenated alkanes) is 1. The van der Waals surface area contributed by atoms with E-state index in [0.29, 0.717) is 30.0 Å². The van der Waals surface area contributed by atoms with Crippen LogP contribution in [0, 0.1) is 5.82 Å². The average molecular weight is 211 g/mol. The van der Waals surface area contributed by atoms with Crippen LogP contribution in [0.2, 0.25) is 0 Å². The third-order valence-corrected chi connectivity index (χ3v) is 2.44. The fourth-order valence-electron chi connectivity index (χ4n) is 1.61. The van der Waals surface area contributed by atoms with E-state index in [4.69, 9.17) is 15.2 Å². The first-order chi connectivity index (χ1) is 7.31. The highest BCUT2D eigenvalue weighted by Gasteiger charge is 2.16. The molecule has 0 aliphatic carbocycles. The van der Waals surface area contributed by atoms with Crippen LogP contribution in [-0.2, 0) is 6.42 Å². The van der Waals surface area contributed by atoms with E-state index in [1.807, 2.05) is 0 Å². The van der Waals surface area contributed by atoms with Crippen LogP contribution >= 0.6 is 0 Å². The molecule has 0 bridgehead atoms. The van der Waals surface area contributed by atoms with E-state index in [0.717, 1.165) is 12.8 Å². The van der Waals surface area contributed by atoms with Gasteiger partial charge in [-0.05, 0) is 37.4 Å². The Labute approximate surface area is 88.0 Å². The van der Waals surface area contributed by atoms with Crippen molar-refractivity contribution in [2.45, 2.75) is 19.3 Å². The van der Waals surface area contributed by atoms with Gasteiger partial charge in [0, 0.05) is 6.07 Å². The fourth-order valence-corrected chi connectivity index (χ4v) is 1.61. The van der Waals surface area contributed by atoms with Crippen LogP contribution in [0.4, 0.5) is 4.39 Å². The Morgan fingerprint density at radius 1 is 1.20 bits per heavy atom. The van der Waals surface area contributed by atoms with Gasteiger partial charge in [-0.1, -0.05) is 0 Å². The van der Waals surface area contributed by atoms with Crippen molar-refractivity contribution in [3.05, 3.63) is 23.5 Å². The number of hydrogen-bond acceptors (Lipinski definition) is 3. The Balaban J connectivity index is 2.10. The Kier molecular flexibility index (Phi) is 3.06. The zero-order valence-corrected chi connectivity index (χ0v) is 8.46. The minimum absolute atomic E-state index is 0.182. The van der Waals surface area contributed by atoms with Gasteiger partial charge in [0.15, 0.2) is 11.5 Å². The number of aryl methyl sites for hydroxylation is 1. The summed E-state index contributed by atoms with van der Waals surface area (Å²) < 4.78 is 23.8. The zero-order valence-electron chi connectivity index (χ0n) is 8.46. The highest BCUT2D eigenvalue weighted by molar-refractivity contribution is 5.45. The monoisotopic (exact) mass is 211 g/mol. The lowest BCUT2D eigenvalue weighted by molar-refractivity contribution is 0.174. The van der Waals surface area contributed by atoms with Crippen LogP contribution in [-0.4, -0.2) is 13.3 Å². The maximum absolute atomic E-state index is 13.5. The highest BCUT2D eigenvalue weighted by atomic mass is 19.1. The summed E-state index contributed by atoms with van der Waals surface area (Å²) in [5.74, 6) is 0.908. The molecule has 3 nitrogen and oxygen atoms in total. The van der Waals surface area contributed by atoms with Crippen molar-refractivity contribution in [2.24, 2.45) is 5.73 Å². The Morgan fingerprint density at radius 3 is 2.67 bits per heavy atom. The Hall–Kier alpha value is -1.29. The van der Waals surface area contributed by atoms with Crippen LogP contribution in [0.15, 0.2) is 12.1 Å². The van der Waals surface area contributed by atoms with Gasteiger partial charge in [-0.3, -0.25) is 0 Å². The molecule has 0 spiro atoms. The average Bonchev–Trinajstić information content (AvgIpc) is 2.65. The van der Waals surface area contributed by atoms with Crippen LogP contribution in [0.1, 0.15) is 18.4 Å². The van der Waals surface area contributed by atoms with Crippen LogP contribution in [0.3, 0.4) is 0 Å². The summed E-state index contributed by atoms with van der Waals surface area (Å²) >= 11 is 0. The maximum Gasteiger partial charge on any atom is 0.231 e. The second-order valence-electron chi connectivity index (χ2n) is 3.54. The van der Waals surface area contributed by atoms with Crippen LogP contribution < -0.4 is 15.2 Å². The van der Waals surface area contributed by atoms with Crippen LogP contribution in [0.5, 0.6) is 11.5 Å². The third kappa shape index (κ3) is 2.21. The summed E-state index contributed by atoms with van der Waals surface area (Å²) in [6, 6.07) is 3.11. The topological polar surface area (TPSA) is 44.5 Å². The van der Waals surface area contributed by atoms with Gasteiger partial charge in [0.05, 0.1) is 0 Å². The molecular formula is C11H14FNO2. The van der Waals surface area contributed by atoms with E-state index in [1.54, 1.807) is 6.07 Å². The molecule has 1 heterocycles.